The first kappa shape index (κ1) is 13.9. The molecule has 0 saturated carbocycles. The van der Waals surface area contributed by atoms with E-state index >= 15 is 0 Å². The standard InChI is InChI=1S/C13H18O3S/c1-10(2)8-12(14)9-11-6-4-5-7-13(11)17(3,15)16/h4-7,10H,8-9H2,1-3H3. The third-order valence-electron chi connectivity index (χ3n) is 2.40. The zero-order valence-corrected chi connectivity index (χ0v) is 11.3. The topological polar surface area (TPSA) is 51.2 Å². The van der Waals surface area contributed by atoms with E-state index < -0.39 is 9.84 Å². The second-order valence-electron chi connectivity index (χ2n) is 4.69. The van der Waals surface area contributed by atoms with E-state index in [4.69, 9.17) is 0 Å². The maximum absolute atomic E-state index is 11.7. The Morgan fingerprint density at radius 3 is 2.35 bits per heavy atom. The zero-order valence-electron chi connectivity index (χ0n) is 10.4. The van der Waals surface area contributed by atoms with Gasteiger partial charge in [0.05, 0.1) is 4.90 Å². The van der Waals surface area contributed by atoms with Crippen LogP contribution in [0.2, 0.25) is 0 Å². The van der Waals surface area contributed by atoms with Crippen molar-refractivity contribution >= 4 is 15.6 Å². The molecule has 17 heavy (non-hydrogen) atoms. The van der Waals surface area contributed by atoms with E-state index in [2.05, 4.69) is 0 Å². The van der Waals surface area contributed by atoms with Crippen LogP contribution in [0.1, 0.15) is 25.8 Å². The molecule has 4 heteroatoms. The van der Waals surface area contributed by atoms with Crippen LogP contribution in [0.15, 0.2) is 29.2 Å². The summed E-state index contributed by atoms with van der Waals surface area (Å²) >= 11 is 0. The van der Waals surface area contributed by atoms with Crippen LogP contribution < -0.4 is 0 Å². The third-order valence-corrected chi connectivity index (χ3v) is 3.59. The third kappa shape index (κ3) is 4.30. The van der Waals surface area contributed by atoms with Crippen LogP contribution >= 0.6 is 0 Å². The summed E-state index contributed by atoms with van der Waals surface area (Å²) in [4.78, 5) is 12.0. The van der Waals surface area contributed by atoms with E-state index in [0.29, 0.717) is 17.9 Å². The minimum absolute atomic E-state index is 0.0797. The van der Waals surface area contributed by atoms with Crippen LogP contribution in [-0.4, -0.2) is 20.5 Å². The summed E-state index contributed by atoms with van der Waals surface area (Å²) in [6, 6.07) is 6.68. The fourth-order valence-electron chi connectivity index (χ4n) is 1.75. The molecule has 0 heterocycles. The van der Waals surface area contributed by atoms with Crippen molar-refractivity contribution in [3.8, 4) is 0 Å². The lowest BCUT2D eigenvalue weighted by atomic mass is 10.0. The van der Waals surface area contributed by atoms with Crippen LogP contribution in [0.5, 0.6) is 0 Å². The number of Topliss-reactive ketones (excluding diaryl/α,β-unsaturated/α-hetero) is 1. The molecule has 0 aromatic heterocycles. The first-order valence-corrected chi connectivity index (χ1v) is 7.49. The van der Waals surface area contributed by atoms with Gasteiger partial charge < -0.3 is 0 Å². The maximum Gasteiger partial charge on any atom is 0.175 e. The molecule has 0 amide bonds. The molecule has 1 aromatic carbocycles. The first-order chi connectivity index (χ1) is 7.80. The molecule has 3 nitrogen and oxygen atoms in total. The van der Waals surface area contributed by atoms with Gasteiger partial charge in [-0.2, -0.15) is 0 Å². The van der Waals surface area contributed by atoms with Crippen LogP contribution in [0.4, 0.5) is 0 Å². The second kappa shape index (κ2) is 5.45. The van der Waals surface area contributed by atoms with Crippen LogP contribution in [0.3, 0.4) is 0 Å². The lowest BCUT2D eigenvalue weighted by Gasteiger charge is -2.08. The second-order valence-corrected chi connectivity index (χ2v) is 6.68. The minimum Gasteiger partial charge on any atom is -0.299 e. The van der Waals surface area contributed by atoms with Gasteiger partial charge in [-0.25, -0.2) is 8.42 Å². The van der Waals surface area contributed by atoms with Crippen molar-refractivity contribution in [3.05, 3.63) is 29.8 Å². The monoisotopic (exact) mass is 254 g/mol. The fraction of sp³-hybridized carbons (Fsp3) is 0.462. The van der Waals surface area contributed by atoms with E-state index in [9.17, 15) is 13.2 Å². The number of sulfone groups is 1. The summed E-state index contributed by atoms with van der Waals surface area (Å²) in [5.74, 6) is 0.379. The molecule has 1 aromatic rings. The zero-order chi connectivity index (χ0) is 13.1. The SMILES string of the molecule is CC(C)CC(=O)Cc1ccccc1S(C)(=O)=O. The Labute approximate surface area is 103 Å². The van der Waals surface area contributed by atoms with Crippen molar-refractivity contribution in [2.75, 3.05) is 6.26 Å². The van der Waals surface area contributed by atoms with Gasteiger partial charge in [-0.15, -0.1) is 0 Å². The predicted molar refractivity (Wildman–Crippen MR) is 67.7 cm³/mol. The van der Waals surface area contributed by atoms with Crippen LogP contribution in [0.25, 0.3) is 0 Å². The molecular formula is C13H18O3S. The van der Waals surface area contributed by atoms with Gasteiger partial charge >= 0.3 is 0 Å². The van der Waals surface area contributed by atoms with E-state index in [1.165, 1.54) is 6.26 Å². The Balaban J connectivity index is 2.96. The highest BCUT2D eigenvalue weighted by atomic mass is 32.2. The molecule has 0 aliphatic rings. The fourth-order valence-corrected chi connectivity index (χ4v) is 2.69. The first-order valence-electron chi connectivity index (χ1n) is 5.60. The Kier molecular flexibility index (Phi) is 4.46. The summed E-state index contributed by atoms with van der Waals surface area (Å²) in [7, 11) is -3.26. The molecule has 0 bridgehead atoms. The van der Waals surface area contributed by atoms with Gasteiger partial charge in [0.1, 0.15) is 5.78 Å². The largest absolute Gasteiger partial charge is 0.299 e. The van der Waals surface area contributed by atoms with Crippen molar-refractivity contribution in [1.82, 2.24) is 0 Å². The maximum atomic E-state index is 11.7. The van der Waals surface area contributed by atoms with E-state index in [0.717, 1.165) is 0 Å². The highest BCUT2D eigenvalue weighted by Gasteiger charge is 2.15. The van der Waals surface area contributed by atoms with Gasteiger partial charge in [-0.05, 0) is 17.5 Å². The molecule has 1 rings (SSSR count). The molecule has 0 aliphatic carbocycles. The lowest BCUT2D eigenvalue weighted by Crippen LogP contribution is -2.10. The number of ketones is 1. The Morgan fingerprint density at radius 1 is 1.24 bits per heavy atom. The van der Waals surface area contributed by atoms with Crippen molar-refractivity contribution in [3.63, 3.8) is 0 Å². The summed E-state index contributed by atoms with van der Waals surface area (Å²) < 4.78 is 23.1. The summed E-state index contributed by atoms with van der Waals surface area (Å²) in [5.41, 5.74) is 0.598. The molecule has 0 atom stereocenters. The minimum atomic E-state index is -3.26. The van der Waals surface area contributed by atoms with Gasteiger partial charge in [0.15, 0.2) is 9.84 Å². The quantitative estimate of drug-likeness (QED) is 0.809. The number of carbonyl (C=O) groups is 1. The number of benzene rings is 1. The molecule has 0 radical (unpaired) electrons. The summed E-state index contributed by atoms with van der Waals surface area (Å²) in [5, 5.41) is 0. The van der Waals surface area contributed by atoms with Gasteiger partial charge in [0, 0.05) is 19.1 Å². The van der Waals surface area contributed by atoms with Crippen LogP contribution in [0, 0.1) is 5.92 Å². The molecule has 0 aliphatic heterocycles. The van der Waals surface area contributed by atoms with Gasteiger partial charge in [-0.1, -0.05) is 32.0 Å². The average Bonchev–Trinajstić information content (AvgIpc) is 2.15. The van der Waals surface area contributed by atoms with Gasteiger partial charge in [0.25, 0.3) is 0 Å². The van der Waals surface area contributed by atoms with Crippen molar-refractivity contribution in [1.29, 1.82) is 0 Å². The Morgan fingerprint density at radius 2 is 1.82 bits per heavy atom. The van der Waals surface area contributed by atoms with E-state index in [1.54, 1.807) is 24.3 Å². The van der Waals surface area contributed by atoms with E-state index in [-0.39, 0.29) is 17.1 Å². The lowest BCUT2D eigenvalue weighted by molar-refractivity contribution is -0.119. The Hall–Kier alpha value is -1.16. The smallest absolute Gasteiger partial charge is 0.175 e. The molecule has 0 unspecified atom stereocenters. The van der Waals surface area contributed by atoms with Crippen LogP contribution in [-0.2, 0) is 21.1 Å². The summed E-state index contributed by atoms with van der Waals surface area (Å²) in [6.07, 6.45) is 1.85. The molecule has 0 spiro atoms. The summed E-state index contributed by atoms with van der Waals surface area (Å²) in [6.45, 7) is 3.95. The number of rotatable bonds is 5. The Bertz CT molecular complexity index is 501. The highest BCUT2D eigenvalue weighted by molar-refractivity contribution is 7.90. The highest BCUT2D eigenvalue weighted by Crippen LogP contribution is 2.17. The van der Waals surface area contributed by atoms with Crippen molar-refractivity contribution in [2.24, 2.45) is 5.92 Å². The molecular weight excluding hydrogens is 236 g/mol. The van der Waals surface area contributed by atoms with Crippen molar-refractivity contribution in [2.45, 2.75) is 31.6 Å². The molecule has 0 N–H and O–H groups in total. The molecule has 94 valence electrons. The molecule has 0 saturated heterocycles. The normalized spacial score (nSPS) is 11.8. The van der Waals surface area contributed by atoms with E-state index in [1.807, 2.05) is 13.8 Å². The number of hydrogen-bond acceptors (Lipinski definition) is 3. The average molecular weight is 254 g/mol. The predicted octanol–water partition coefficient (Wildman–Crippen LogP) is 2.25. The number of carbonyl (C=O) groups excluding carboxylic acids is 1. The van der Waals surface area contributed by atoms with Gasteiger partial charge in [0.2, 0.25) is 0 Å². The van der Waals surface area contributed by atoms with Gasteiger partial charge in [-0.3, -0.25) is 4.79 Å². The number of hydrogen-bond donors (Lipinski definition) is 0. The van der Waals surface area contributed by atoms with Crippen molar-refractivity contribution < 1.29 is 13.2 Å². The molecule has 0 fully saturated rings.